The van der Waals surface area contributed by atoms with E-state index in [0.29, 0.717) is 30.5 Å². The number of hydrogen-bond acceptors (Lipinski definition) is 5. The smallest absolute Gasteiger partial charge is 0.338 e. The molecule has 0 aliphatic carbocycles. The molecule has 2 aromatic rings. The molecule has 3 rings (SSSR count). The van der Waals surface area contributed by atoms with Crippen LogP contribution in [0.1, 0.15) is 41.8 Å². The van der Waals surface area contributed by atoms with Gasteiger partial charge < -0.3 is 4.74 Å². The molecular weight excluding hydrogens is 388 g/mol. The molecule has 1 fully saturated rings. The standard InChI is InChI=1S/C22H24N2O4S/c1-16-10-17(2)14-24(13-16)29(26,27)21-5-3-4-20(11-21)22(25)28-15-19-8-6-18(12-23)7-9-19/h3-9,11,16-17H,10,13-15H2,1-2H3/t16-,17-/m1/s1. The number of carbonyl (C=O) groups excluding carboxylic acids is 1. The van der Waals surface area contributed by atoms with Gasteiger partial charge in [-0.25, -0.2) is 13.2 Å². The number of esters is 1. The van der Waals surface area contributed by atoms with Gasteiger partial charge >= 0.3 is 5.97 Å². The molecule has 0 bridgehead atoms. The highest BCUT2D eigenvalue weighted by Crippen LogP contribution is 2.27. The molecule has 2 aromatic carbocycles. The van der Waals surface area contributed by atoms with Crippen molar-refractivity contribution in [3.63, 3.8) is 0 Å². The van der Waals surface area contributed by atoms with Gasteiger partial charge in [0.25, 0.3) is 0 Å². The van der Waals surface area contributed by atoms with E-state index in [4.69, 9.17) is 10.00 Å². The third-order valence-corrected chi connectivity index (χ3v) is 6.82. The van der Waals surface area contributed by atoms with Gasteiger partial charge in [-0.2, -0.15) is 9.57 Å². The van der Waals surface area contributed by atoms with Gasteiger partial charge in [-0.1, -0.05) is 32.0 Å². The van der Waals surface area contributed by atoms with Crippen LogP contribution in [0.2, 0.25) is 0 Å². The molecule has 1 heterocycles. The monoisotopic (exact) mass is 412 g/mol. The highest BCUT2D eigenvalue weighted by Gasteiger charge is 2.32. The van der Waals surface area contributed by atoms with Crippen LogP contribution in [-0.4, -0.2) is 31.8 Å². The Hall–Kier alpha value is -2.69. The van der Waals surface area contributed by atoms with Crippen LogP contribution in [0.25, 0.3) is 0 Å². The lowest BCUT2D eigenvalue weighted by Gasteiger charge is -2.34. The topological polar surface area (TPSA) is 87.5 Å². The van der Waals surface area contributed by atoms with Crippen molar-refractivity contribution in [1.29, 1.82) is 5.26 Å². The molecule has 29 heavy (non-hydrogen) atoms. The first-order chi connectivity index (χ1) is 13.8. The first-order valence-electron chi connectivity index (χ1n) is 9.56. The highest BCUT2D eigenvalue weighted by atomic mass is 32.2. The zero-order valence-corrected chi connectivity index (χ0v) is 17.4. The second-order valence-electron chi connectivity index (χ2n) is 7.68. The minimum Gasteiger partial charge on any atom is -0.457 e. The quantitative estimate of drug-likeness (QED) is 0.701. The van der Waals surface area contributed by atoms with E-state index in [1.165, 1.54) is 16.4 Å². The van der Waals surface area contributed by atoms with Gasteiger partial charge in [0.1, 0.15) is 6.61 Å². The summed E-state index contributed by atoms with van der Waals surface area (Å²) >= 11 is 0. The van der Waals surface area contributed by atoms with Crippen molar-refractivity contribution in [1.82, 2.24) is 4.31 Å². The largest absolute Gasteiger partial charge is 0.457 e. The summed E-state index contributed by atoms with van der Waals surface area (Å²) in [5.41, 5.74) is 1.47. The first-order valence-corrected chi connectivity index (χ1v) is 11.0. The lowest BCUT2D eigenvalue weighted by molar-refractivity contribution is 0.0472. The Balaban J connectivity index is 1.72. The summed E-state index contributed by atoms with van der Waals surface area (Å²) in [5.74, 6) is 0.00924. The second kappa shape index (κ2) is 8.76. The number of rotatable bonds is 5. The van der Waals surface area contributed by atoms with Crippen LogP contribution < -0.4 is 0 Å². The van der Waals surface area contributed by atoms with Crippen molar-refractivity contribution in [3.05, 3.63) is 65.2 Å². The van der Waals surface area contributed by atoms with Crippen LogP contribution in [0.4, 0.5) is 0 Å². The van der Waals surface area contributed by atoms with Crippen molar-refractivity contribution >= 4 is 16.0 Å². The average Bonchev–Trinajstić information content (AvgIpc) is 2.71. The van der Waals surface area contributed by atoms with Crippen LogP contribution >= 0.6 is 0 Å². The summed E-state index contributed by atoms with van der Waals surface area (Å²) < 4.78 is 32.9. The maximum Gasteiger partial charge on any atom is 0.338 e. The normalized spacial score (nSPS) is 20.0. The van der Waals surface area contributed by atoms with Crippen LogP contribution in [0, 0.1) is 23.2 Å². The Kier molecular flexibility index (Phi) is 6.36. The first kappa shape index (κ1) is 21.0. The molecule has 1 saturated heterocycles. The number of ether oxygens (including phenoxy) is 1. The van der Waals surface area contributed by atoms with Gasteiger partial charge in [0, 0.05) is 13.1 Å². The van der Waals surface area contributed by atoms with Crippen LogP contribution in [-0.2, 0) is 21.4 Å². The summed E-state index contributed by atoms with van der Waals surface area (Å²) in [4.78, 5) is 12.5. The molecule has 0 unspecified atom stereocenters. The molecule has 0 spiro atoms. The van der Waals surface area contributed by atoms with E-state index < -0.39 is 16.0 Å². The van der Waals surface area contributed by atoms with Gasteiger partial charge in [0.15, 0.2) is 0 Å². The second-order valence-corrected chi connectivity index (χ2v) is 9.62. The number of hydrogen-bond donors (Lipinski definition) is 0. The van der Waals surface area contributed by atoms with E-state index in [2.05, 4.69) is 13.8 Å². The fraction of sp³-hybridized carbons (Fsp3) is 0.364. The summed E-state index contributed by atoms with van der Waals surface area (Å²) in [7, 11) is -3.66. The molecule has 0 saturated carbocycles. The average molecular weight is 413 g/mol. The molecule has 6 nitrogen and oxygen atoms in total. The van der Waals surface area contributed by atoms with Crippen LogP contribution in [0.5, 0.6) is 0 Å². The zero-order chi connectivity index (χ0) is 21.0. The Labute approximate surface area is 171 Å². The van der Waals surface area contributed by atoms with Crippen LogP contribution in [0.3, 0.4) is 0 Å². The molecule has 152 valence electrons. The molecule has 0 N–H and O–H groups in total. The molecule has 1 aliphatic rings. The minimum absolute atomic E-state index is 0.0443. The number of benzene rings is 2. The van der Waals surface area contributed by atoms with Gasteiger partial charge in [-0.15, -0.1) is 0 Å². The molecule has 7 heteroatoms. The van der Waals surface area contributed by atoms with E-state index in [1.807, 2.05) is 6.07 Å². The number of nitriles is 1. The zero-order valence-electron chi connectivity index (χ0n) is 16.5. The fourth-order valence-electron chi connectivity index (χ4n) is 3.64. The summed E-state index contributed by atoms with van der Waals surface area (Å²) in [6, 6.07) is 14.7. The lowest BCUT2D eigenvalue weighted by Crippen LogP contribution is -2.42. The molecule has 2 atom stereocenters. The predicted molar refractivity (Wildman–Crippen MR) is 108 cm³/mol. The van der Waals surface area contributed by atoms with Crippen molar-refractivity contribution in [3.8, 4) is 6.07 Å². The van der Waals surface area contributed by atoms with E-state index in [1.54, 1.807) is 36.4 Å². The van der Waals surface area contributed by atoms with E-state index in [9.17, 15) is 13.2 Å². The highest BCUT2D eigenvalue weighted by molar-refractivity contribution is 7.89. The van der Waals surface area contributed by atoms with Crippen molar-refractivity contribution < 1.29 is 17.9 Å². The van der Waals surface area contributed by atoms with Gasteiger partial charge in [-0.05, 0) is 54.2 Å². The SMILES string of the molecule is C[C@@H]1C[C@@H](C)CN(S(=O)(=O)c2cccc(C(=O)OCc3ccc(C#N)cc3)c2)C1. The fourth-order valence-corrected chi connectivity index (χ4v) is 5.37. The maximum atomic E-state index is 13.0. The molecule has 0 amide bonds. The number of nitrogens with zero attached hydrogens (tertiary/aromatic N) is 2. The molecule has 1 aliphatic heterocycles. The predicted octanol–water partition coefficient (Wildman–Crippen LogP) is 3.58. The number of piperidine rings is 1. The lowest BCUT2D eigenvalue weighted by atomic mass is 9.94. The van der Waals surface area contributed by atoms with Gasteiger partial charge in [-0.3, -0.25) is 0 Å². The summed E-state index contributed by atoms with van der Waals surface area (Å²) in [5, 5.41) is 8.82. The third-order valence-electron chi connectivity index (χ3n) is 5.00. The summed E-state index contributed by atoms with van der Waals surface area (Å²) in [6.07, 6.45) is 1.01. The Morgan fingerprint density at radius 1 is 1.14 bits per heavy atom. The Morgan fingerprint density at radius 3 is 2.41 bits per heavy atom. The third kappa shape index (κ3) is 5.03. The maximum absolute atomic E-state index is 13.0. The van der Waals surface area contributed by atoms with Crippen LogP contribution in [0.15, 0.2) is 53.4 Å². The van der Waals surface area contributed by atoms with E-state index >= 15 is 0 Å². The van der Waals surface area contributed by atoms with Gasteiger partial charge in [0.2, 0.25) is 10.0 Å². The van der Waals surface area contributed by atoms with E-state index in [-0.39, 0.29) is 17.1 Å². The van der Waals surface area contributed by atoms with E-state index in [0.717, 1.165) is 12.0 Å². The minimum atomic E-state index is -3.66. The van der Waals surface area contributed by atoms with Crippen molar-refractivity contribution in [2.45, 2.75) is 31.8 Å². The molecule has 0 radical (unpaired) electrons. The molecular formula is C22H24N2O4S. The van der Waals surface area contributed by atoms with Crippen molar-refractivity contribution in [2.24, 2.45) is 11.8 Å². The number of carbonyl (C=O) groups is 1. The Morgan fingerprint density at radius 2 is 1.79 bits per heavy atom. The van der Waals surface area contributed by atoms with Crippen molar-refractivity contribution in [2.75, 3.05) is 13.1 Å². The Bertz CT molecular complexity index is 1020. The van der Waals surface area contributed by atoms with Gasteiger partial charge in [0.05, 0.1) is 22.1 Å². The number of sulfonamides is 1. The molecule has 0 aromatic heterocycles. The summed E-state index contributed by atoms with van der Waals surface area (Å²) in [6.45, 7) is 5.12.